The van der Waals surface area contributed by atoms with Crippen molar-refractivity contribution >= 4 is 14.2 Å². The molecule has 0 aliphatic heterocycles. The van der Waals surface area contributed by atoms with Crippen molar-refractivity contribution in [1.82, 2.24) is 34.4 Å². The standard InChI is InChI=1S/C31H39F2N7O4Si/c1-31(2,3)44-29(41)34-17-22(16-32)18-40-30(42)39(20-36-40)27-12-11-25(15-26(27)33)23-7-9-24(10-8-23)28-35-19-38(37-28)21-43-13-14-45(4,5)6/h7-12,15-16,19-20H,13-14,17-18,21H2,1-6H3,(H,34,41)/b22-16+. The highest BCUT2D eigenvalue weighted by Gasteiger charge is 2.18. The van der Waals surface area contributed by atoms with E-state index in [1.807, 2.05) is 24.3 Å². The fourth-order valence-electron chi connectivity index (χ4n) is 4.15. The Bertz CT molecular complexity index is 1700. The third kappa shape index (κ3) is 9.52. The van der Waals surface area contributed by atoms with Crippen LogP contribution in [0.25, 0.3) is 28.2 Å². The number of alkyl carbamates (subject to hydrolysis) is 1. The SMILES string of the molecule is CC(C)(C)OC(=O)NC/C(=C\F)Cn1ncn(-c2ccc(-c3ccc(-c4ncn(COCC[Si](C)(C)C)n4)cc3)cc2F)c1=O. The number of amides is 1. The van der Waals surface area contributed by atoms with E-state index < -0.39 is 31.3 Å². The van der Waals surface area contributed by atoms with Gasteiger partial charge in [0.15, 0.2) is 5.82 Å². The van der Waals surface area contributed by atoms with Gasteiger partial charge in [0.25, 0.3) is 0 Å². The summed E-state index contributed by atoms with van der Waals surface area (Å²) in [5.74, 6) is -0.0831. The molecule has 2 heterocycles. The topological polar surface area (TPSA) is 118 Å². The van der Waals surface area contributed by atoms with Crippen LogP contribution in [0.3, 0.4) is 0 Å². The molecule has 4 aromatic rings. The van der Waals surface area contributed by atoms with Crippen LogP contribution in [0, 0.1) is 5.82 Å². The van der Waals surface area contributed by atoms with E-state index in [-0.39, 0.29) is 30.7 Å². The van der Waals surface area contributed by atoms with Gasteiger partial charge in [-0.15, -0.1) is 5.10 Å². The van der Waals surface area contributed by atoms with E-state index in [1.165, 1.54) is 12.1 Å². The Balaban J connectivity index is 1.39. The Morgan fingerprint density at radius 3 is 2.38 bits per heavy atom. The molecule has 240 valence electrons. The molecule has 0 spiro atoms. The molecular formula is C31H39F2N7O4Si. The van der Waals surface area contributed by atoms with E-state index in [9.17, 15) is 14.0 Å². The Kier molecular flexibility index (Phi) is 10.5. The van der Waals surface area contributed by atoms with E-state index in [0.717, 1.165) is 32.7 Å². The number of carbonyl (C=O) groups excluding carboxylic acids is 1. The van der Waals surface area contributed by atoms with Crippen molar-refractivity contribution in [3.05, 3.63) is 83.3 Å². The number of rotatable bonds is 12. The first-order valence-electron chi connectivity index (χ1n) is 14.5. The summed E-state index contributed by atoms with van der Waals surface area (Å²) >= 11 is 0. The van der Waals surface area contributed by atoms with Crippen LogP contribution < -0.4 is 11.0 Å². The number of halogens is 2. The maximum absolute atomic E-state index is 15.3. The molecule has 0 aliphatic rings. The summed E-state index contributed by atoms with van der Waals surface area (Å²) in [7, 11) is -1.16. The van der Waals surface area contributed by atoms with Crippen LogP contribution in [-0.4, -0.2) is 62.0 Å². The van der Waals surface area contributed by atoms with Crippen LogP contribution in [0.5, 0.6) is 0 Å². The van der Waals surface area contributed by atoms with E-state index in [1.54, 1.807) is 37.8 Å². The molecule has 14 heteroatoms. The Morgan fingerprint density at radius 1 is 1.04 bits per heavy atom. The molecule has 0 bridgehead atoms. The minimum atomic E-state index is -1.16. The molecule has 0 fully saturated rings. The van der Waals surface area contributed by atoms with Crippen molar-refractivity contribution in [2.45, 2.75) is 65.3 Å². The van der Waals surface area contributed by atoms with Gasteiger partial charge < -0.3 is 14.8 Å². The molecule has 0 aliphatic carbocycles. The zero-order valence-corrected chi connectivity index (χ0v) is 27.4. The van der Waals surface area contributed by atoms with Gasteiger partial charge >= 0.3 is 11.8 Å². The molecule has 4 rings (SSSR count). The second kappa shape index (κ2) is 14.1. The van der Waals surface area contributed by atoms with Crippen LogP contribution in [0.1, 0.15) is 20.8 Å². The summed E-state index contributed by atoms with van der Waals surface area (Å²) in [6.07, 6.45) is 2.36. The van der Waals surface area contributed by atoms with Crippen LogP contribution in [0.2, 0.25) is 25.7 Å². The third-order valence-corrected chi connectivity index (χ3v) is 8.24. The van der Waals surface area contributed by atoms with Crippen molar-refractivity contribution in [1.29, 1.82) is 0 Å². The molecule has 11 nitrogen and oxygen atoms in total. The number of nitrogens with zero attached hydrogens (tertiary/aromatic N) is 6. The Labute approximate surface area is 261 Å². The summed E-state index contributed by atoms with van der Waals surface area (Å²) in [6.45, 7) is 12.6. The van der Waals surface area contributed by atoms with Gasteiger partial charge in [-0.2, -0.15) is 5.10 Å². The van der Waals surface area contributed by atoms with Crippen molar-refractivity contribution in [2.75, 3.05) is 13.2 Å². The lowest BCUT2D eigenvalue weighted by Gasteiger charge is -2.19. The van der Waals surface area contributed by atoms with Gasteiger partial charge in [-0.1, -0.05) is 50.0 Å². The van der Waals surface area contributed by atoms with Crippen LogP contribution >= 0.6 is 0 Å². The number of aromatic nitrogens is 6. The number of benzene rings is 2. The maximum atomic E-state index is 15.3. The third-order valence-electron chi connectivity index (χ3n) is 6.54. The molecule has 0 radical (unpaired) electrons. The van der Waals surface area contributed by atoms with Gasteiger partial charge in [0, 0.05) is 26.8 Å². The van der Waals surface area contributed by atoms with E-state index >= 15 is 4.39 Å². The number of hydrogen-bond donors (Lipinski definition) is 1. The van der Waals surface area contributed by atoms with Crippen molar-refractivity contribution in [2.24, 2.45) is 0 Å². The smallest absolute Gasteiger partial charge is 0.407 e. The van der Waals surface area contributed by atoms with Gasteiger partial charge in [0.05, 0.1) is 18.6 Å². The number of hydrogen-bond acceptors (Lipinski definition) is 7. The molecule has 0 unspecified atom stereocenters. The second-order valence-electron chi connectivity index (χ2n) is 12.8. The predicted octanol–water partition coefficient (Wildman–Crippen LogP) is 5.79. The summed E-state index contributed by atoms with van der Waals surface area (Å²) in [5, 5.41) is 10.9. The Hall–Kier alpha value is -4.43. The molecule has 0 saturated carbocycles. The first-order chi connectivity index (χ1) is 21.2. The van der Waals surface area contributed by atoms with Crippen LogP contribution in [0.15, 0.2) is 71.8 Å². The number of carbonyl (C=O) groups is 1. The van der Waals surface area contributed by atoms with E-state index in [2.05, 4.69) is 40.1 Å². The molecule has 0 saturated heterocycles. The minimum absolute atomic E-state index is 0.00826. The lowest BCUT2D eigenvalue weighted by molar-refractivity contribution is 0.0532. The monoisotopic (exact) mass is 639 g/mol. The number of nitrogens with one attached hydrogen (secondary N) is 1. The molecule has 45 heavy (non-hydrogen) atoms. The van der Waals surface area contributed by atoms with Gasteiger partial charge in [-0.05, 0) is 55.6 Å². The fourth-order valence-corrected chi connectivity index (χ4v) is 4.91. The quantitative estimate of drug-likeness (QED) is 0.154. The van der Waals surface area contributed by atoms with Crippen LogP contribution in [0.4, 0.5) is 13.6 Å². The van der Waals surface area contributed by atoms with E-state index in [0.29, 0.717) is 24.7 Å². The van der Waals surface area contributed by atoms with Gasteiger partial charge in [-0.25, -0.2) is 37.3 Å². The second-order valence-corrected chi connectivity index (χ2v) is 18.4. The number of ether oxygens (including phenoxy) is 2. The first kappa shape index (κ1) is 33.5. The van der Waals surface area contributed by atoms with Crippen molar-refractivity contribution in [3.63, 3.8) is 0 Å². The highest BCUT2D eigenvalue weighted by molar-refractivity contribution is 6.76. The zero-order valence-electron chi connectivity index (χ0n) is 26.4. The molecule has 2 aromatic carbocycles. The average molecular weight is 640 g/mol. The maximum Gasteiger partial charge on any atom is 0.407 e. The lowest BCUT2D eigenvalue weighted by atomic mass is 10.0. The summed E-state index contributed by atoms with van der Waals surface area (Å²) < 4.78 is 43.3. The molecular weight excluding hydrogens is 600 g/mol. The summed E-state index contributed by atoms with van der Waals surface area (Å²) in [5.41, 5.74) is 0.846. The zero-order chi connectivity index (χ0) is 32.8. The van der Waals surface area contributed by atoms with Gasteiger partial charge in [-0.3, -0.25) is 0 Å². The Morgan fingerprint density at radius 2 is 1.73 bits per heavy atom. The van der Waals surface area contributed by atoms with Crippen molar-refractivity contribution in [3.8, 4) is 28.2 Å². The van der Waals surface area contributed by atoms with E-state index in [4.69, 9.17) is 9.47 Å². The van der Waals surface area contributed by atoms with Crippen LogP contribution in [-0.2, 0) is 22.7 Å². The molecule has 1 amide bonds. The summed E-state index contributed by atoms with van der Waals surface area (Å²) in [4.78, 5) is 29.2. The van der Waals surface area contributed by atoms with Gasteiger partial charge in [0.1, 0.15) is 30.8 Å². The lowest BCUT2D eigenvalue weighted by Crippen LogP contribution is -2.34. The predicted molar refractivity (Wildman–Crippen MR) is 170 cm³/mol. The fraction of sp³-hybridized carbons (Fsp3) is 0.387. The molecule has 1 N–H and O–H groups in total. The molecule has 0 atom stereocenters. The van der Waals surface area contributed by atoms with Crippen molar-refractivity contribution < 1.29 is 23.0 Å². The largest absolute Gasteiger partial charge is 0.444 e. The average Bonchev–Trinajstić information content (AvgIpc) is 3.58. The normalized spacial score (nSPS) is 12.4. The highest BCUT2D eigenvalue weighted by atomic mass is 28.3. The highest BCUT2D eigenvalue weighted by Crippen LogP contribution is 2.26. The van der Waals surface area contributed by atoms with Gasteiger partial charge in [0.2, 0.25) is 0 Å². The first-order valence-corrected chi connectivity index (χ1v) is 18.2. The summed E-state index contributed by atoms with van der Waals surface area (Å²) in [6, 6.07) is 13.0. The molecule has 2 aromatic heterocycles. The minimum Gasteiger partial charge on any atom is -0.444 e.